The molecular weight excluding hydrogens is 441 g/mol. The van der Waals surface area contributed by atoms with Gasteiger partial charge in [-0.15, -0.1) is 10.2 Å². The van der Waals surface area contributed by atoms with E-state index in [-0.39, 0.29) is 27.6 Å². The highest BCUT2D eigenvalue weighted by molar-refractivity contribution is 7.92. The Morgan fingerprint density at radius 2 is 1.94 bits per heavy atom. The number of aryl methyl sites for hydroxylation is 1. The van der Waals surface area contributed by atoms with Gasteiger partial charge in [-0.05, 0) is 36.1 Å². The van der Waals surface area contributed by atoms with Crippen molar-refractivity contribution in [2.24, 2.45) is 0 Å². The molecule has 0 saturated carbocycles. The molecule has 0 fully saturated rings. The molecule has 1 N–H and O–H groups in total. The minimum absolute atomic E-state index is 0.0223. The lowest BCUT2D eigenvalue weighted by Gasteiger charge is -2.14. The van der Waals surface area contributed by atoms with Crippen LogP contribution in [0.5, 0.6) is 5.75 Å². The molecule has 1 heterocycles. The number of benzene rings is 2. The first kappa shape index (κ1) is 22.8. The molecular formula is C21H22FN3O4S2. The first-order valence-corrected chi connectivity index (χ1v) is 12.0. The van der Waals surface area contributed by atoms with Gasteiger partial charge in [0.2, 0.25) is 19.3 Å². The Bertz CT molecular complexity index is 1190. The van der Waals surface area contributed by atoms with Crippen LogP contribution in [0.2, 0.25) is 0 Å². The number of amides is 1. The monoisotopic (exact) mass is 463 g/mol. The average molecular weight is 464 g/mol. The smallest absolute Gasteiger partial charge is 0.264 e. The second-order valence-electron chi connectivity index (χ2n) is 7.26. The zero-order chi connectivity index (χ0) is 22.6. The fraction of sp³-hybridized carbons (Fsp3) is 0.286. The van der Waals surface area contributed by atoms with E-state index in [0.29, 0.717) is 17.1 Å². The summed E-state index contributed by atoms with van der Waals surface area (Å²) in [5.74, 6) is -0.806. The molecule has 164 valence electrons. The Morgan fingerprint density at radius 1 is 1.19 bits per heavy atom. The van der Waals surface area contributed by atoms with Gasteiger partial charge in [0.1, 0.15) is 11.6 Å². The second-order valence-corrected chi connectivity index (χ2v) is 10.4. The third-order valence-electron chi connectivity index (χ3n) is 4.37. The lowest BCUT2D eigenvalue weighted by Crippen LogP contribution is -2.20. The summed E-state index contributed by atoms with van der Waals surface area (Å²) in [5, 5.41) is 9.85. The predicted octanol–water partition coefficient (Wildman–Crippen LogP) is 4.10. The number of nitrogens with one attached hydrogen (secondary N) is 1. The molecule has 0 unspecified atom stereocenters. The van der Waals surface area contributed by atoms with Crippen LogP contribution in [0.1, 0.15) is 36.5 Å². The fourth-order valence-corrected chi connectivity index (χ4v) is 5.16. The minimum Gasteiger partial charge on any atom is -0.483 e. The molecule has 0 aliphatic heterocycles. The van der Waals surface area contributed by atoms with E-state index in [0.717, 1.165) is 11.1 Å². The quantitative estimate of drug-likeness (QED) is 0.505. The summed E-state index contributed by atoms with van der Waals surface area (Å²) >= 11 is 0.705. The largest absolute Gasteiger partial charge is 0.483 e. The van der Waals surface area contributed by atoms with E-state index in [4.69, 9.17) is 4.74 Å². The molecule has 0 aliphatic rings. The molecule has 31 heavy (non-hydrogen) atoms. The van der Waals surface area contributed by atoms with Gasteiger partial charge in [-0.2, -0.15) is 0 Å². The van der Waals surface area contributed by atoms with Gasteiger partial charge in [0.25, 0.3) is 5.91 Å². The maximum atomic E-state index is 13.8. The number of ether oxygens (including phenoxy) is 1. The Morgan fingerprint density at radius 3 is 2.65 bits per heavy atom. The van der Waals surface area contributed by atoms with Crippen molar-refractivity contribution in [1.29, 1.82) is 0 Å². The number of nitrogens with zero attached hydrogens (tertiary/aromatic N) is 2. The molecule has 0 atom stereocenters. The van der Waals surface area contributed by atoms with Crippen molar-refractivity contribution in [3.8, 4) is 5.75 Å². The summed E-state index contributed by atoms with van der Waals surface area (Å²) in [6.07, 6.45) is 0. The van der Waals surface area contributed by atoms with Crippen molar-refractivity contribution in [1.82, 2.24) is 10.2 Å². The summed E-state index contributed by atoms with van der Waals surface area (Å²) in [5.41, 5.74) is 2.03. The van der Waals surface area contributed by atoms with E-state index in [9.17, 15) is 17.6 Å². The van der Waals surface area contributed by atoms with Crippen LogP contribution in [0.15, 0.2) is 46.8 Å². The number of hydrogen-bond acceptors (Lipinski definition) is 7. The van der Waals surface area contributed by atoms with Crippen LogP contribution < -0.4 is 10.1 Å². The van der Waals surface area contributed by atoms with Crippen LogP contribution in [0.3, 0.4) is 0 Å². The maximum Gasteiger partial charge on any atom is 0.264 e. The van der Waals surface area contributed by atoms with Gasteiger partial charge in [-0.1, -0.05) is 55.5 Å². The predicted molar refractivity (Wildman–Crippen MR) is 117 cm³/mol. The summed E-state index contributed by atoms with van der Waals surface area (Å²) in [7, 11) is -3.90. The molecule has 1 amide bonds. The van der Waals surface area contributed by atoms with Crippen LogP contribution >= 0.6 is 11.3 Å². The first-order valence-electron chi connectivity index (χ1n) is 9.48. The molecule has 0 bridgehead atoms. The third kappa shape index (κ3) is 5.86. The van der Waals surface area contributed by atoms with E-state index >= 15 is 0 Å². The van der Waals surface area contributed by atoms with Gasteiger partial charge < -0.3 is 4.74 Å². The van der Waals surface area contributed by atoms with Crippen molar-refractivity contribution in [2.75, 3.05) is 11.9 Å². The maximum absolute atomic E-state index is 13.8. The van der Waals surface area contributed by atoms with Crippen molar-refractivity contribution in [2.45, 2.75) is 36.8 Å². The number of carbonyl (C=O) groups excluding carboxylic acids is 1. The van der Waals surface area contributed by atoms with Crippen molar-refractivity contribution < 1.29 is 22.3 Å². The van der Waals surface area contributed by atoms with E-state index < -0.39 is 27.3 Å². The van der Waals surface area contributed by atoms with Gasteiger partial charge in [0, 0.05) is 5.56 Å². The normalized spacial score (nSPS) is 11.5. The van der Waals surface area contributed by atoms with Crippen LogP contribution in [0, 0.1) is 12.7 Å². The van der Waals surface area contributed by atoms with Gasteiger partial charge in [-0.25, -0.2) is 12.8 Å². The Labute approximate surface area is 184 Å². The number of halogens is 1. The second kappa shape index (κ2) is 9.52. The SMILES string of the molecule is Cc1ccc(C(C)C)c(OCC(=O)Nc2nnc(S(=O)(=O)Cc3ccccc3F)s2)c1. The molecule has 2 aromatic carbocycles. The summed E-state index contributed by atoms with van der Waals surface area (Å²) < 4.78 is 44.1. The van der Waals surface area contributed by atoms with Gasteiger partial charge in [0.05, 0.1) is 5.75 Å². The van der Waals surface area contributed by atoms with Crippen LogP contribution in [-0.4, -0.2) is 31.1 Å². The average Bonchev–Trinajstić information content (AvgIpc) is 3.17. The zero-order valence-electron chi connectivity index (χ0n) is 17.3. The number of sulfone groups is 1. The van der Waals surface area contributed by atoms with E-state index in [2.05, 4.69) is 15.5 Å². The lowest BCUT2D eigenvalue weighted by atomic mass is 10.0. The van der Waals surface area contributed by atoms with E-state index in [1.165, 1.54) is 18.2 Å². The minimum atomic E-state index is -3.90. The molecule has 3 rings (SSSR count). The third-order valence-corrected chi connectivity index (χ3v) is 7.32. The molecule has 0 aliphatic carbocycles. The highest BCUT2D eigenvalue weighted by Gasteiger charge is 2.23. The summed E-state index contributed by atoms with van der Waals surface area (Å²) in [6.45, 7) is 5.73. The molecule has 0 radical (unpaired) electrons. The zero-order valence-corrected chi connectivity index (χ0v) is 18.9. The summed E-state index contributed by atoms with van der Waals surface area (Å²) in [6, 6.07) is 11.4. The molecule has 10 heteroatoms. The Balaban J connectivity index is 1.64. The highest BCUT2D eigenvalue weighted by atomic mass is 32.2. The van der Waals surface area contributed by atoms with Crippen molar-refractivity contribution in [3.63, 3.8) is 0 Å². The number of rotatable bonds is 8. The lowest BCUT2D eigenvalue weighted by molar-refractivity contribution is -0.118. The molecule has 0 saturated heterocycles. The topological polar surface area (TPSA) is 98.2 Å². The Hall–Kier alpha value is -2.85. The molecule has 1 aromatic heterocycles. The molecule has 3 aromatic rings. The number of anilines is 1. The van der Waals surface area contributed by atoms with E-state index in [1.807, 2.05) is 39.0 Å². The number of carbonyl (C=O) groups is 1. The van der Waals surface area contributed by atoms with Crippen LogP contribution in [0.25, 0.3) is 0 Å². The summed E-state index contributed by atoms with van der Waals surface area (Å²) in [4.78, 5) is 12.3. The molecule has 7 nitrogen and oxygen atoms in total. The standard InChI is InChI=1S/C21H22FN3O4S2/c1-13(2)16-9-8-14(3)10-18(16)29-11-19(26)23-20-24-25-21(30-20)31(27,28)12-15-6-4-5-7-17(15)22/h4-10,13H,11-12H2,1-3H3,(H,23,24,26). The van der Waals surface area contributed by atoms with Crippen molar-refractivity contribution >= 4 is 32.2 Å². The first-order chi connectivity index (χ1) is 14.7. The van der Waals surface area contributed by atoms with Gasteiger partial charge in [0.15, 0.2) is 6.61 Å². The van der Waals surface area contributed by atoms with Crippen LogP contribution in [-0.2, 0) is 20.4 Å². The Kier molecular flexibility index (Phi) is 7.01. The molecule has 0 spiro atoms. The van der Waals surface area contributed by atoms with Gasteiger partial charge >= 0.3 is 0 Å². The fourth-order valence-electron chi connectivity index (χ4n) is 2.81. The number of aromatic nitrogens is 2. The van der Waals surface area contributed by atoms with Gasteiger partial charge in [-0.3, -0.25) is 10.1 Å². The van der Waals surface area contributed by atoms with E-state index in [1.54, 1.807) is 6.07 Å². The van der Waals surface area contributed by atoms with Crippen molar-refractivity contribution in [3.05, 3.63) is 65.0 Å². The number of hydrogen-bond donors (Lipinski definition) is 1. The van der Waals surface area contributed by atoms with Crippen LogP contribution in [0.4, 0.5) is 9.52 Å². The highest BCUT2D eigenvalue weighted by Crippen LogP contribution is 2.28.